The maximum atomic E-state index is 13.5. The topological polar surface area (TPSA) is 115 Å². The van der Waals surface area contributed by atoms with E-state index in [1.807, 2.05) is 42.2 Å². The zero-order valence-corrected chi connectivity index (χ0v) is 19.0. The highest BCUT2D eigenvalue weighted by Crippen LogP contribution is 2.28. The van der Waals surface area contributed by atoms with Gasteiger partial charge in [0.15, 0.2) is 5.76 Å². The Hall–Kier alpha value is -4.31. The smallest absolute Gasteiger partial charge is 0.259 e. The number of hydrogen-bond acceptors (Lipinski definition) is 9. The van der Waals surface area contributed by atoms with Gasteiger partial charge in [-0.25, -0.2) is 4.98 Å². The van der Waals surface area contributed by atoms with Crippen molar-refractivity contribution in [2.24, 2.45) is 0 Å². The van der Waals surface area contributed by atoms with Gasteiger partial charge in [0.2, 0.25) is 11.7 Å². The van der Waals surface area contributed by atoms with Crippen LogP contribution in [-0.4, -0.2) is 62.2 Å². The van der Waals surface area contributed by atoms with Crippen molar-refractivity contribution < 1.29 is 18.3 Å². The molecule has 176 valence electrons. The van der Waals surface area contributed by atoms with E-state index in [0.29, 0.717) is 78.3 Å². The van der Waals surface area contributed by atoms with Crippen molar-refractivity contribution in [1.82, 2.24) is 30.1 Å². The van der Waals surface area contributed by atoms with Crippen LogP contribution in [0, 0.1) is 6.92 Å². The lowest BCUT2D eigenvalue weighted by atomic mass is 10.1. The number of benzene rings is 1. The highest BCUT2D eigenvalue weighted by molar-refractivity contribution is 6.06. The van der Waals surface area contributed by atoms with Gasteiger partial charge in [0, 0.05) is 31.7 Å². The second-order valence-corrected chi connectivity index (χ2v) is 8.43. The summed E-state index contributed by atoms with van der Waals surface area (Å²) in [6.45, 7) is 4.87. The Kier molecular flexibility index (Phi) is 5.34. The third kappa shape index (κ3) is 4.08. The molecule has 6 rings (SSSR count). The van der Waals surface area contributed by atoms with Crippen molar-refractivity contribution >= 4 is 17.0 Å². The summed E-state index contributed by atoms with van der Waals surface area (Å²) in [4.78, 5) is 26.6. The fourth-order valence-corrected chi connectivity index (χ4v) is 4.31. The standard InChI is InChI=1S/C25H22N6O4/c1-16-22-18(14-19(20-8-5-13-33-20)26-24(22)35-28-16)25(32)31-11-9-30(10-12-31)15-21-27-23(29-34-21)17-6-3-2-4-7-17/h2-8,13-14H,9-12,15H2,1H3. The van der Waals surface area contributed by atoms with Gasteiger partial charge < -0.3 is 18.4 Å². The van der Waals surface area contributed by atoms with E-state index in [0.717, 1.165) is 5.56 Å². The first-order valence-electron chi connectivity index (χ1n) is 11.4. The molecular formula is C25H22N6O4. The maximum absolute atomic E-state index is 13.5. The molecule has 1 aromatic carbocycles. The Morgan fingerprint density at radius 1 is 0.971 bits per heavy atom. The van der Waals surface area contributed by atoms with Crippen LogP contribution in [0.15, 0.2) is 68.3 Å². The Morgan fingerprint density at radius 3 is 2.57 bits per heavy atom. The van der Waals surface area contributed by atoms with E-state index in [1.165, 1.54) is 0 Å². The third-order valence-electron chi connectivity index (χ3n) is 6.14. The first kappa shape index (κ1) is 21.2. The van der Waals surface area contributed by atoms with Crippen LogP contribution >= 0.6 is 0 Å². The number of fused-ring (bicyclic) bond motifs is 1. The van der Waals surface area contributed by atoms with E-state index >= 15 is 0 Å². The highest BCUT2D eigenvalue weighted by Gasteiger charge is 2.27. The number of hydrogen-bond donors (Lipinski definition) is 0. The Balaban J connectivity index is 1.16. The highest BCUT2D eigenvalue weighted by atomic mass is 16.5. The first-order chi connectivity index (χ1) is 17.2. The average Bonchev–Trinajstić information content (AvgIpc) is 3.66. The van der Waals surface area contributed by atoms with Crippen LogP contribution in [0.5, 0.6) is 0 Å². The van der Waals surface area contributed by atoms with Crippen molar-refractivity contribution in [1.29, 1.82) is 0 Å². The van der Waals surface area contributed by atoms with Crippen molar-refractivity contribution in [3.63, 3.8) is 0 Å². The summed E-state index contributed by atoms with van der Waals surface area (Å²) in [5.74, 6) is 1.62. The summed E-state index contributed by atoms with van der Waals surface area (Å²) in [5.41, 5.74) is 2.92. The molecule has 1 fully saturated rings. The molecule has 5 heterocycles. The maximum Gasteiger partial charge on any atom is 0.259 e. The van der Waals surface area contributed by atoms with Crippen LogP contribution in [0.1, 0.15) is 21.9 Å². The van der Waals surface area contributed by atoms with Gasteiger partial charge in [0.25, 0.3) is 11.6 Å². The fraction of sp³-hybridized carbons (Fsp3) is 0.240. The summed E-state index contributed by atoms with van der Waals surface area (Å²) in [6.07, 6.45) is 1.57. The van der Waals surface area contributed by atoms with Crippen molar-refractivity contribution in [2.75, 3.05) is 26.2 Å². The van der Waals surface area contributed by atoms with Gasteiger partial charge >= 0.3 is 0 Å². The summed E-state index contributed by atoms with van der Waals surface area (Å²) in [7, 11) is 0. The number of carbonyl (C=O) groups excluding carboxylic acids is 1. The summed E-state index contributed by atoms with van der Waals surface area (Å²) < 4.78 is 16.3. The zero-order chi connectivity index (χ0) is 23.8. The lowest BCUT2D eigenvalue weighted by Gasteiger charge is -2.34. The molecule has 1 amide bonds. The second kappa shape index (κ2) is 8.80. The van der Waals surface area contributed by atoms with E-state index < -0.39 is 0 Å². The predicted octanol–water partition coefficient (Wildman–Crippen LogP) is 3.80. The summed E-state index contributed by atoms with van der Waals surface area (Å²) in [6, 6.07) is 15.1. The van der Waals surface area contributed by atoms with Crippen molar-refractivity contribution in [3.8, 4) is 22.8 Å². The van der Waals surface area contributed by atoms with Crippen molar-refractivity contribution in [3.05, 3.63) is 71.9 Å². The molecule has 0 saturated carbocycles. The number of piperazine rings is 1. The molecule has 0 spiro atoms. The van der Waals surface area contributed by atoms with Crippen molar-refractivity contribution in [2.45, 2.75) is 13.5 Å². The normalized spacial score (nSPS) is 14.6. The van der Waals surface area contributed by atoms with E-state index in [4.69, 9.17) is 13.5 Å². The van der Waals surface area contributed by atoms with Crippen LogP contribution in [0.25, 0.3) is 33.9 Å². The molecule has 0 N–H and O–H groups in total. The quantitative estimate of drug-likeness (QED) is 0.378. The summed E-state index contributed by atoms with van der Waals surface area (Å²) >= 11 is 0. The van der Waals surface area contributed by atoms with Gasteiger partial charge in [-0.1, -0.05) is 40.6 Å². The number of nitrogens with zero attached hydrogens (tertiary/aromatic N) is 6. The number of rotatable bonds is 5. The Bertz CT molecular complexity index is 1470. The second-order valence-electron chi connectivity index (χ2n) is 8.43. The van der Waals surface area contributed by atoms with Crippen LogP contribution in [0.3, 0.4) is 0 Å². The molecular weight excluding hydrogens is 448 g/mol. The number of aryl methyl sites for hydroxylation is 1. The molecule has 0 atom stereocenters. The van der Waals surface area contributed by atoms with Gasteiger partial charge in [0.05, 0.1) is 29.5 Å². The minimum Gasteiger partial charge on any atom is -0.463 e. The largest absolute Gasteiger partial charge is 0.463 e. The minimum absolute atomic E-state index is 0.0830. The number of aromatic nitrogens is 4. The van der Waals surface area contributed by atoms with Gasteiger partial charge in [-0.15, -0.1) is 0 Å². The lowest BCUT2D eigenvalue weighted by Crippen LogP contribution is -2.48. The molecule has 0 aliphatic carbocycles. The zero-order valence-electron chi connectivity index (χ0n) is 19.0. The predicted molar refractivity (Wildman–Crippen MR) is 125 cm³/mol. The Morgan fingerprint density at radius 2 is 1.80 bits per heavy atom. The van der Waals surface area contributed by atoms with E-state index in [9.17, 15) is 4.79 Å². The van der Waals surface area contributed by atoms with Crippen LogP contribution in [0.2, 0.25) is 0 Å². The number of furan rings is 1. The molecule has 5 aromatic rings. The average molecular weight is 470 g/mol. The molecule has 0 bridgehead atoms. The molecule has 1 aliphatic rings. The molecule has 4 aromatic heterocycles. The molecule has 35 heavy (non-hydrogen) atoms. The molecule has 10 heteroatoms. The molecule has 1 aliphatic heterocycles. The van der Waals surface area contributed by atoms with Gasteiger partial charge in [-0.05, 0) is 25.1 Å². The molecule has 0 radical (unpaired) electrons. The van der Waals surface area contributed by atoms with E-state index in [1.54, 1.807) is 24.5 Å². The first-order valence-corrected chi connectivity index (χ1v) is 11.4. The third-order valence-corrected chi connectivity index (χ3v) is 6.14. The van der Waals surface area contributed by atoms with Crippen LogP contribution in [0.4, 0.5) is 0 Å². The van der Waals surface area contributed by atoms with Gasteiger partial charge in [-0.3, -0.25) is 9.69 Å². The number of carbonyl (C=O) groups is 1. The fourth-order valence-electron chi connectivity index (χ4n) is 4.31. The van der Waals surface area contributed by atoms with E-state index in [2.05, 4.69) is 25.2 Å². The Labute approximate surface area is 200 Å². The number of pyridine rings is 1. The molecule has 1 saturated heterocycles. The molecule has 0 unspecified atom stereocenters. The number of amides is 1. The van der Waals surface area contributed by atoms with Gasteiger partial charge in [-0.2, -0.15) is 4.98 Å². The SMILES string of the molecule is Cc1noc2nc(-c3ccco3)cc(C(=O)N3CCN(Cc4nc(-c5ccccc5)no4)CC3)c12. The summed E-state index contributed by atoms with van der Waals surface area (Å²) in [5, 5.41) is 8.74. The van der Waals surface area contributed by atoms with Crippen LogP contribution < -0.4 is 0 Å². The van der Waals surface area contributed by atoms with E-state index in [-0.39, 0.29) is 5.91 Å². The van der Waals surface area contributed by atoms with Gasteiger partial charge in [0.1, 0.15) is 5.69 Å². The van der Waals surface area contributed by atoms with Crippen LogP contribution in [-0.2, 0) is 6.54 Å². The minimum atomic E-state index is -0.0830. The lowest BCUT2D eigenvalue weighted by molar-refractivity contribution is 0.0617. The monoisotopic (exact) mass is 470 g/mol. The molecule has 10 nitrogen and oxygen atoms in total.